The van der Waals surface area contributed by atoms with E-state index in [2.05, 4.69) is 11.6 Å². The molecule has 1 aromatic heterocycles. The van der Waals surface area contributed by atoms with Crippen LogP contribution in [-0.4, -0.2) is 28.6 Å². The predicted octanol–water partition coefficient (Wildman–Crippen LogP) is 2.74. The van der Waals surface area contributed by atoms with Crippen molar-refractivity contribution < 1.29 is 14.3 Å². The second-order valence-electron chi connectivity index (χ2n) is 4.61. The number of carboxylic acids is 1. The highest BCUT2D eigenvalue weighted by Gasteiger charge is 2.24. The molecule has 4 nitrogen and oxygen atoms in total. The maximum atomic E-state index is 11.0. The molecular formula is C13H19NO3S. The Morgan fingerprint density at radius 2 is 2.33 bits per heavy atom. The highest BCUT2D eigenvalue weighted by atomic mass is 32.2. The average molecular weight is 269 g/mol. The van der Waals surface area contributed by atoms with Gasteiger partial charge in [0.25, 0.3) is 0 Å². The van der Waals surface area contributed by atoms with Crippen LogP contribution in [0.25, 0.3) is 0 Å². The van der Waals surface area contributed by atoms with Crippen molar-refractivity contribution in [3.8, 4) is 0 Å². The second-order valence-corrected chi connectivity index (χ2v) is 5.69. The molecule has 18 heavy (non-hydrogen) atoms. The summed E-state index contributed by atoms with van der Waals surface area (Å²) in [7, 11) is 0. The fraction of sp³-hybridized carbons (Fsp3) is 0.615. The van der Waals surface area contributed by atoms with Crippen LogP contribution < -0.4 is 5.32 Å². The number of hydrogen-bond acceptors (Lipinski definition) is 4. The molecule has 0 radical (unpaired) electrons. The molecule has 0 bridgehead atoms. The van der Waals surface area contributed by atoms with Crippen LogP contribution in [0.4, 0.5) is 0 Å². The van der Waals surface area contributed by atoms with Crippen molar-refractivity contribution in [1.29, 1.82) is 0 Å². The number of nitrogens with one attached hydrogen (secondary N) is 1. The third-order valence-corrected chi connectivity index (χ3v) is 4.68. The van der Waals surface area contributed by atoms with Crippen LogP contribution in [0, 0.1) is 0 Å². The lowest BCUT2D eigenvalue weighted by Crippen LogP contribution is -2.40. The summed E-state index contributed by atoms with van der Waals surface area (Å²) in [4.78, 5) is 11.0. The maximum absolute atomic E-state index is 11.0. The molecule has 1 aromatic rings. The molecule has 1 saturated carbocycles. The Kier molecular flexibility index (Phi) is 4.72. The van der Waals surface area contributed by atoms with Crippen LogP contribution in [0.1, 0.15) is 41.8 Å². The zero-order chi connectivity index (χ0) is 13.0. The summed E-state index contributed by atoms with van der Waals surface area (Å²) >= 11 is 1.89. The Hall–Kier alpha value is -0.940. The first-order valence-electron chi connectivity index (χ1n) is 6.28. The van der Waals surface area contributed by atoms with E-state index in [0.717, 1.165) is 6.42 Å². The van der Waals surface area contributed by atoms with Crippen LogP contribution in [0.2, 0.25) is 0 Å². The standard InChI is InChI=1S/C13H19NO3S/c1-18-12-5-3-2-4-10(12)14-8-11-9(13(15)16)6-7-17-11/h6-7,10,12,14H,2-5,8H2,1H3,(H,15,16). The zero-order valence-electron chi connectivity index (χ0n) is 10.5. The van der Waals surface area contributed by atoms with Gasteiger partial charge in [0.1, 0.15) is 11.3 Å². The Labute approximate surface area is 111 Å². The summed E-state index contributed by atoms with van der Waals surface area (Å²) in [5, 5.41) is 13.1. The molecule has 0 saturated heterocycles. The molecule has 2 unspecified atom stereocenters. The number of rotatable bonds is 5. The van der Waals surface area contributed by atoms with Crippen LogP contribution in [0.3, 0.4) is 0 Å². The van der Waals surface area contributed by atoms with E-state index in [0.29, 0.717) is 23.6 Å². The lowest BCUT2D eigenvalue weighted by atomic mass is 9.95. The van der Waals surface area contributed by atoms with Gasteiger partial charge >= 0.3 is 5.97 Å². The van der Waals surface area contributed by atoms with Crippen molar-refractivity contribution in [2.24, 2.45) is 0 Å². The number of furan rings is 1. The van der Waals surface area contributed by atoms with Crippen molar-refractivity contribution in [1.82, 2.24) is 5.32 Å². The Balaban J connectivity index is 1.93. The van der Waals surface area contributed by atoms with Crippen molar-refractivity contribution in [2.75, 3.05) is 6.26 Å². The smallest absolute Gasteiger partial charge is 0.339 e. The van der Waals surface area contributed by atoms with E-state index in [-0.39, 0.29) is 5.56 Å². The summed E-state index contributed by atoms with van der Waals surface area (Å²) < 4.78 is 5.24. The fourth-order valence-electron chi connectivity index (χ4n) is 2.50. The quantitative estimate of drug-likeness (QED) is 0.860. The molecule has 1 fully saturated rings. The van der Waals surface area contributed by atoms with Gasteiger partial charge in [-0.25, -0.2) is 4.79 Å². The van der Waals surface area contributed by atoms with Gasteiger partial charge in [0.05, 0.1) is 12.8 Å². The van der Waals surface area contributed by atoms with Gasteiger partial charge in [0.15, 0.2) is 0 Å². The fourth-order valence-corrected chi connectivity index (χ4v) is 3.47. The Morgan fingerprint density at radius 1 is 1.56 bits per heavy atom. The topological polar surface area (TPSA) is 62.5 Å². The van der Waals surface area contributed by atoms with E-state index in [1.54, 1.807) is 0 Å². The summed E-state index contributed by atoms with van der Waals surface area (Å²) in [5.41, 5.74) is 0.263. The predicted molar refractivity (Wildman–Crippen MR) is 72.1 cm³/mol. The molecule has 0 spiro atoms. The summed E-state index contributed by atoms with van der Waals surface area (Å²) in [6.45, 7) is 0.496. The Bertz CT molecular complexity index is 405. The van der Waals surface area contributed by atoms with Crippen LogP contribution in [0.5, 0.6) is 0 Å². The van der Waals surface area contributed by atoms with E-state index in [9.17, 15) is 4.79 Å². The van der Waals surface area contributed by atoms with Gasteiger partial charge < -0.3 is 14.8 Å². The van der Waals surface area contributed by atoms with Gasteiger partial charge in [0.2, 0.25) is 0 Å². The van der Waals surface area contributed by atoms with Crippen molar-refractivity contribution in [3.63, 3.8) is 0 Å². The van der Waals surface area contributed by atoms with E-state index in [1.807, 2.05) is 11.8 Å². The molecule has 2 rings (SSSR count). The molecule has 5 heteroatoms. The van der Waals surface area contributed by atoms with Crippen LogP contribution in [-0.2, 0) is 6.54 Å². The Morgan fingerprint density at radius 3 is 3.06 bits per heavy atom. The minimum atomic E-state index is -0.925. The van der Waals surface area contributed by atoms with Crippen molar-refractivity contribution >= 4 is 17.7 Å². The first kappa shape index (κ1) is 13.5. The molecule has 0 aromatic carbocycles. The number of thioether (sulfide) groups is 1. The number of carbonyl (C=O) groups is 1. The minimum absolute atomic E-state index is 0.263. The molecule has 2 atom stereocenters. The van der Waals surface area contributed by atoms with Gasteiger partial charge in [-0.1, -0.05) is 12.8 Å². The number of carboxylic acid groups (broad SMARTS) is 1. The SMILES string of the molecule is CSC1CCCCC1NCc1occc1C(=O)O. The van der Waals surface area contributed by atoms with E-state index in [4.69, 9.17) is 9.52 Å². The maximum Gasteiger partial charge on any atom is 0.339 e. The second kappa shape index (κ2) is 6.29. The highest BCUT2D eigenvalue weighted by molar-refractivity contribution is 7.99. The lowest BCUT2D eigenvalue weighted by molar-refractivity contribution is 0.0694. The van der Waals surface area contributed by atoms with Crippen molar-refractivity contribution in [3.05, 3.63) is 23.7 Å². The first-order valence-corrected chi connectivity index (χ1v) is 7.57. The number of aromatic carboxylic acids is 1. The molecule has 100 valence electrons. The van der Waals surface area contributed by atoms with E-state index >= 15 is 0 Å². The first-order chi connectivity index (χ1) is 8.72. The monoisotopic (exact) mass is 269 g/mol. The van der Waals surface area contributed by atoms with E-state index < -0.39 is 5.97 Å². The van der Waals surface area contributed by atoms with Gasteiger partial charge in [0, 0.05) is 11.3 Å². The average Bonchev–Trinajstić information content (AvgIpc) is 2.85. The van der Waals surface area contributed by atoms with Crippen molar-refractivity contribution in [2.45, 2.75) is 43.5 Å². The van der Waals surface area contributed by atoms with Gasteiger partial charge in [-0.15, -0.1) is 0 Å². The molecule has 1 heterocycles. The molecular weight excluding hydrogens is 250 g/mol. The van der Waals surface area contributed by atoms with Gasteiger partial charge in [-0.05, 0) is 25.2 Å². The third-order valence-electron chi connectivity index (χ3n) is 3.51. The van der Waals surface area contributed by atoms with Gasteiger partial charge in [-0.2, -0.15) is 11.8 Å². The number of hydrogen-bond donors (Lipinski definition) is 2. The summed E-state index contributed by atoms with van der Waals surface area (Å²) in [5.74, 6) is -0.404. The highest BCUT2D eigenvalue weighted by Crippen LogP contribution is 2.27. The van der Waals surface area contributed by atoms with E-state index in [1.165, 1.54) is 31.6 Å². The van der Waals surface area contributed by atoms with Gasteiger partial charge in [-0.3, -0.25) is 0 Å². The summed E-state index contributed by atoms with van der Waals surface area (Å²) in [6, 6.07) is 1.97. The van der Waals surface area contributed by atoms with Crippen LogP contribution in [0.15, 0.2) is 16.7 Å². The molecule has 1 aliphatic carbocycles. The van der Waals surface area contributed by atoms with Crippen LogP contribution >= 0.6 is 11.8 Å². The normalized spacial score (nSPS) is 24.1. The molecule has 0 aliphatic heterocycles. The largest absolute Gasteiger partial charge is 0.478 e. The summed E-state index contributed by atoms with van der Waals surface area (Å²) in [6.07, 6.45) is 8.52. The zero-order valence-corrected chi connectivity index (χ0v) is 11.3. The molecule has 1 aliphatic rings. The third kappa shape index (κ3) is 3.09. The molecule has 2 N–H and O–H groups in total. The molecule has 0 amide bonds. The lowest BCUT2D eigenvalue weighted by Gasteiger charge is -2.30. The minimum Gasteiger partial charge on any atom is -0.478 e.